The molecule has 0 amide bonds. The predicted octanol–water partition coefficient (Wildman–Crippen LogP) is 16.2. The number of hydrogen-bond acceptors (Lipinski definition) is 2. The van der Waals surface area contributed by atoms with Crippen LogP contribution >= 0.6 is 0 Å². The molecule has 0 aliphatic heterocycles. The summed E-state index contributed by atoms with van der Waals surface area (Å²) in [7, 11) is 0. The van der Waals surface area contributed by atoms with Gasteiger partial charge in [0.2, 0.25) is 0 Å². The lowest BCUT2D eigenvalue weighted by atomic mass is 9.78. The van der Waals surface area contributed by atoms with Crippen molar-refractivity contribution in [3.8, 4) is 78.4 Å². The van der Waals surface area contributed by atoms with Gasteiger partial charge in [-0.25, -0.2) is 9.97 Å². The average molecular weight is 803 g/mol. The van der Waals surface area contributed by atoms with E-state index in [-0.39, 0.29) is 5.41 Å². The van der Waals surface area contributed by atoms with Gasteiger partial charge in [0.05, 0.1) is 11.4 Å². The van der Waals surface area contributed by atoms with Crippen LogP contribution in [0.15, 0.2) is 218 Å². The molecule has 2 heteroatoms. The Labute approximate surface area is 367 Å². The summed E-state index contributed by atoms with van der Waals surface area (Å²) in [6.45, 7) is 4.75. The van der Waals surface area contributed by atoms with Crippen LogP contribution in [0.2, 0.25) is 0 Å². The molecule has 2 nitrogen and oxygen atoms in total. The summed E-state index contributed by atoms with van der Waals surface area (Å²) in [4.78, 5) is 10.5. The molecule has 1 aliphatic rings. The number of rotatable bonds is 6. The first kappa shape index (κ1) is 36.9. The second-order valence-corrected chi connectivity index (χ2v) is 17.3. The predicted molar refractivity (Wildman–Crippen MR) is 265 cm³/mol. The molecular formula is C61H42N2. The molecule has 1 aliphatic carbocycles. The zero-order valence-corrected chi connectivity index (χ0v) is 35.2. The van der Waals surface area contributed by atoms with E-state index < -0.39 is 0 Å². The van der Waals surface area contributed by atoms with E-state index in [0.717, 1.165) is 39.0 Å². The Morgan fingerprint density at radius 1 is 0.302 bits per heavy atom. The second-order valence-electron chi connectivity index (χ2n) is 17.3. The fourth-order valence-electron chi connectivity index (χ4n) is 10.3. The van der Waals surface area contributed by atoms with Crippen LogP contribution in [-0.2, 0) is 5.41 Å². The number of fused-ring (bicyclic) bond motifs is 6. The van der Waals surface area contributed by atoms with Crippen molar-refractivity contribution < 1.29 is 0 Å². The second kappa shape index (κ2) is 14.6. The maximum atomic E-state index is 5.31. The first-order valence-corrected chi connectivity index (χ1v) is 21.8. The highest BCUT2D eigenvalue weighted by Crippen LogP contribution is 2.53. The number of benzene rings is 10. The Bertz CT molecular complexity index is 3600. The Balaban J connectivity index is 0.999. The highest BCUT2D eigenvalue weighted by molar-refractivity contribution is 6.12. The molecule has 0 saturated heterocycles. The maximum absolute atomic E-state index is 5.31. The van der Waals surface area contributed by atoms with Gasteiger partial charge in [-0.2, -0.15) is 0 Å². The normalized spacial score (nSPS) is 12.7. The van der Waals surface area contributed by atoms with Gasteiger partial charge in [-0.3, -0.25) is 0 Å². The van der Waals surface area contributed by atoms with Gasteiger partial charge in [-0.15, -0.1) is 0 Å². The zero-order valence-electron chi connectivity index (χ0n) is 35.2. The topological polar surface area (TPSA) is 25.8 Å². The Morgan fingerprint density at radius 3 is 1.52 bits per heavy atom. The molecule has 10 aromatic carbocycles. The van der Waals surface area contributed by atoms with Crippen LogP contribution in [0.5, 0.6) is 0 Å². The standard InChI is InChI=1S/C61H42N2/c1-61(2)56-29-13-12-26-52(56)55-28-15-27-54(59(55)61)51-33-32-49(45-22-8-9-23-46(45)51)50-34-35-53(48-25-11-10-24-47(48)50)58-38-57(62-60(63-58)40-17-4-3-5-18-40)44-21-14-20-42(37-44)43-31-30-39-16-6-7-19-41(39)36-43/h3-38H,1-2H3. The summed E-state index contributed by atoms with van der Waals surface area (Å²) in [6, 6.07) is 79.1. The highest BCUT2D eigenvalue weighted by atomic mass is 14.9. The first-order chi connectivity index (χ1) is 31.0. The van der Waals surface area contributed by atoms with E-state index >= 15 is 0 Å². The van der Waals surface area contributed by atoms with Gasteiger partial charge in [0.25, 0.3) is 0 Å². The largest absolute Gasteiger partial charge is 0.228 e. The molecule has 63 heavy (non-hydrogen) atoms. The minimum Gasteiger partial charge on any atom is -0.228 e. The summed E-state index contributed by atoms with van der Waals surface area (Å²) in [5, 5.41) is 7.29. The Morgan fingerprint density at radius 2 is 0.794 bits per heavy atom. The van der Waals surface area contributed by atoms with E-state index in [0.29, 0.717) is 5.82 Å². The average Bonchev–Trinajstić information content (AvgIpc) is 3.59. The van der Waals surface area contributed by atoms with E-state index in [4.69, 9.17) is 9.97 Å². The molecule has 0 bridgehead atoms. The summed E-state index contributed by atoms with van der Waals surface area (Å²) in [5.74, 6) is 0.701. The third-order valence-corrected chi connectivity index (χ3v) is 13.3. The van der Waals surface area contributed by atoms with Crippen LogP contribution in [-0.4, -0.2) is 9.97 Å². The lowest BCUT2D eigenvalue weighted by Crippen LogP contribution is -2.16. The monoisotopic (exact) mass is 802 g/mol. The lowest BCUT2D eigenvalue weighted by Gasteiger charge is -2.25. The first-order valence-electron chi connectivity index (χ1n) is 21.8. The molecule has 0 unspecified atom stereocenters. The third-order valence-electron chi connectivity index (χ3n) is 13.3. The van der Waals surface area contributed by atoms with Crippen molar-refractivity contribution in [2.75, 3.05) is 0 Å². The van der Waals surface area contributed by atoms with Gasteiger partial charge < -0.3 is 0 Å². The van der Waals surface area contributed by atoms with Gasteiger partial charge in [0, 0.05) is 22.1 Å². The molecule has 0 atom stereocenters. The molecule has 0 fully saturated rings. The third kappa shape index (κ3) is 6.09. The highest BCUT2D eigenvalue weighted by Gasteiger charge is 2.37. The Kier molecular flexibility index (Phi) is 8.55. The van der Waals surface area contributed by atoms with E-state index in [1.54, 1.807) is 0 Å². The van der Waals surface area contributed by atoms with Crippen molar-refractivity contribution in [3.05, 3.63) is 230 Å². The van der Waals surface area contributed by atoms with Crippen molar-refractivity contribution in [1.29, 1.82) is 0 Å². The van der Waals surface area contributed by atoms with Crippen LogP contribution in [0.4, 0.5) is 0 Å². The summed E-state index contributed by atoms with van der Waals surface area (Å²) < 4.78 is 0. The van der Waals surface area contributed by atoms with Gasteiger partial charge in [-0.1, -0.05) is 214 Å². The number of aromatic nitrogens is 2. The molecule has 12 rings (SSSR count). The quantitative estimate of drug-likeness (QED) is 0.167. The number of hydrogen-bond donors (Lipinski definition) is 0. The smallest absolute Gasteiger partial charge is 0.160 e. The molecule has 0 spiro atoms. The summed E-state index contributed by atoms with van der Waals surface area (Å²) in [5.41, 5.74) is 17.5. The van der Waals surface area contributed by atoms with Crippen molar-refractivity contribution >= 4 is 32.3 Å². The van der Waals surface area contributed by atoms with E-state index in [9.17, 15) is 0 Å². The van der Waals surface area contributed by atoms with Gasteiger partial charge in [-0.05, 0) is 106 Å². The molecule has 0 radical (unpaired) electrons. The van der Waals surface area contributed by atoms with Gasteiger partial charge in [0.1, 0.15) is 0 Å². The summed E-state index contributed by atoms with van der Waals surface area (Å²) >= 11 is 0. The van der Waals surface area contributed by atoms with Crippen LogP contribution in [0, 0.1) is 0 Å². The van der Waals surface area contributed by atoms with Crippen molar-refractivity contribution in [2.45, 2.75) is 19.3 Å². The van der Waals surface area contributed by atoms with Gasteiger partial charge >= 0.3 is 0 Å². The maximum Gasteiger partial charge on any atom is 0.160 e. The van der Waals surface area contributed by atoms with Gasteiger partial charge in [0.15, 0.2) is 5.82 Å². The molecule has 11 aromatic rings. The van der Waals surface area contributed by atoms with Crippen molar-refractivity contribution in [1.82, 2.24) is 9.97 Å². The lowest BCUT2D eigenvalue weighted by molar-refractivity contribution is 0.662. The fraction of sp³-hybridized carbons (Fsp3) is 0.0492. The van der Waals surface area contributed by atoms with E-state index in [2.05, 4.69) is 226 Å². The molecule has 1 heterocycles. The Hall–Kier alpha value is -7.94. The van der Waals surface area contributed by atoms with Crippen LogP contribution in [0.1, 0.15) is 25.0 Å². The van der Waals surface area contributed by atoms with Crippen molar-refractivity contribution in [2.24, 2.45) is 0 Å². The zero-order chi connectivity index (χ0) is 42.1. The minimum absolute atomic E-state index is 0.115. The fourth-order valence-corrected chi connectivity index (χ4v) is 10.3. The van der Waals surface area contributed by atoms with E-state index in [1.807, 2.05) is 6.07 Å². The molecule has 1 aromatic heterocycles. The van der Waals surface area contributed by atoms with Crippen LogP contribution in [0.3, 0.4) is 0 Å². The van der Waals surface area contributed by atoms with Crippen molar-refractivity contribution in [3.63, 3.8) is 0 Å². The minimum atomic E-state index is -0.115. The SMILES string of the molecule is CC1(C)c2ccccc2-c2cccc(-c3ccc(-c4ccc(-c5cc(-c6cccc(-c7ccc8ccccc8c7)c6)nc(-c6ccccc6)n5)c5ccccc45)c4ccccc34)c21. The molecular weight excluding hydrogens is 761 g/mol. The van der Waals surface area contributed by atoms with Crippen LogP contribution in [0.25, 0.3) is 111 Å². The van der Waals surface area contributed by atoms with E-state index in [1.165, 1.54) is 77.0 Å². The van der Waals surface area contributed by atoms with Crippen LogP contribution < -0.4 is 0 Å². The molecule has 296 valence electrons. The summed E-state index contributed by atoms with van der Waals surface area (Å²) in [6.07, 6.45) is 0. The number of nitrogens with zero attached hydrogens (tertiary/aromatic N) is 2. The molecule has 0 N–H and O–H groups in total. The molecule has 0 saturated carbocycles.